The van der Waals surface area contributed by atoms with E-state index in [9.17, 15) is 9.90 Å². The molecule has 100 valence electrons. The minimum absolute atomic E-state index is 0.163. The topological polar surface area (TPSA) is 58.6 Å². The summed E-state index contributed by atoms with van der Waals surface area (Å²) in [5.41, 5.74) is -0.196. The van der Waals surface area contributed by atoms with Gasteiger partial charge < -0.3 is 15.2 Å². The van der Waals surface area contributed by atoms with Gasteiger partial charge in [-0.2, -0.15) is 0 Å². The van der Waals surface area contributed by atoms with Crippen molar-refractivity contribution in [2.75, 3.05) is 13.2 Å². The Balaban J connectivity index is 1.87. The Morgan fingerprint density at radius 2 is 2.26 bits per heavy atom. The monoisotopic (exact) mass is 259 g/mol. The van der Waals surface area contributed by atoms with E-state index in [2.05, 4.69) is 17.2 Å². The number of nitrogens with one attached hydrogen (secondary N) is 1. The highest BCUT2D eigenvalue weighted by molar-refractivity contribution is 5.94. The van der Waals surface area contributed by atoms with Crippen LogP contribution in [0.5, 0.6) is 0 Å². The fourth-order valence-corrected chi connectivity index (χ4v) is 1.93. The van der Waals surface area contributed by atoms with Crippen LogP contribution in [0.2, 0.25) is 0 Å². The summed E-state index contributed by atoms with van der Waals surface area (Å²) in [6.45, 7) is 2.48. The van der Waals surface area contributed by atoms with E-state index in [0.717, 1.165) is 5.56 Å². The average molecular weight is 259 g/mol. The zero-order valence-corrected chi connectivity index (χ0v) is 10.8. The third-order valence-electron chi connectivity index (χ3n) is 3.31. The molecule has 0 saturated carbocycles. The molecule has 2 unspecified atom stereocenters. The molecule has 0 bridgehead atoms. The lowest BCUT2D eigenvalue weighted by molar-refractivity contribution is -0.117. The van der Waals surface area contributed by atoms with Crippen LogP contribution in [-0.4, -0.2) is 35.9 Å². The zero-order valence-electron chi connectivity index (χ0n) is 10.8. The third kappa shape index (κ3) is 3.57. The van der Waals surface area contributed by atoms with Crippen LogP contribution in [-0.2, 0) is 9.53 Å². The molecule has 1 aliphatic rings. The first-order chi connectivity index (χ1) is 9.10. The molecule has 2 N–H and O–H groups in total. The molecule has 0 aromatic heterocycles. The first kappa shape index (κ1) is 13.6. The van der Waals surface area contributed by atoms with E-state index in [1.54, 1.807) is 6.92 Å². The van der Waals surface area contributed by atoms with Gasteiger partial charge in [-0.3, -0.25) is 4.79 Å². The summed E-state index contributed by atoms with van der Waals surface area (Å²) in [4.78, 5) is 11.6. The number of benzene rings is 1. The Labute approximate surface area is 112 Å². The van der Waals surface area contributed by atoms with Gasteiger partial charge in [0.15, 0.2) is 0 Å². The molecule has 2 rings (SSSR count). The molecule has 1 aromatic carbocycles. The molecule has 2 atom stereocenters. The van der Waals surface area contributed by atoms with Crippen LogP contribution in [0.4, 0.5) is 0 Å². The number of carbonyl (C=O) groups is 1. The van der Waals surface area contributed by atoms with Gasteiger partial charge in [0.25, 0.3) is 5.91 Å². The Morgan fingerprint density at radius 3 is 2.89 bits per heavy atom. The van der Waals surface area contributed by atoms with Crippen LogP contribution >= 0.6 is 0 Å². The van der Waals surface area contributed by atoms with Crippen molar-refractivity contribution >= 4 is 5.91 Å². The highest BCUT2D eigenvalue weighted by Gasteiger charge is 2.39. The van der Waals surface area contributed by atoms with Gasteiger partial charge in [-0.05, 0) is 19.1 Å². The number of aliphatic hydroxyl groups is 1. The van der Waals surface area contributed by atoms with E-state index < -0.39 is 11.5 Å². The Hall–Kier alpha value is -1.83. The van der Waals surface area contributed by atoms with Gasteiger partial charge in [-0.15, -0.1) is 0 Å². The predicted octanol–water partition coefficient (Wildman–Crippen LogP) is 0.694. The van der Waals surface area contributed by atoms with Crippen LogP contribution in [0.1, 0.15) is 18.9 Å². The second-order valence-electron chi connectivity index (χ2n) is 4.67. The quantitative estimate of drug-likeness (QED) is 0.768. The zero-order chi connectivity index (χ0) is 13.7. The normalized spacial score (nSPS) is 25.5. The Bertz CT molecular complexity index is 503. The minimum atomic E-state index is -0.982. The predicted molar refractivity (Wildman–Crippen MR) is 71.3 cm³/mol. The molecular weight excluding hydrogens is 242 g/mol. The summed E-state index contributed by atoms with van der Waals surface area (Å²) in [6.07, 6.45) is 0.260. The van der Waals surface area contributed by atoms with Crippen molar-refractivity contribution in [2.45, 2.75) is 25.0 Å². The van der Waals surface area contributed by atoms with Crippen molar-refractivity contribution in [1.29, 1.82) is 0 Å². The number of hydrogen-bond acceptors (Lipinski definition) is 3. The van der Waals surface area contributed by atoms with Crippen LogP contribution < -0.4 is 5.32 Å². The second kappa shape index (κ2) is 5.87. The maximum absolute atomic E-state index is 11.6. The van der Waals surface area contributed by atoms with E-state index in [-0.39, 0.29) is 12.6 Å². The molecule has 0 spiro atoms. The molecule has 1 fully saturated rings. The largest absolute Gasteiger partial charge is 0.385 e. The van der Waals surface area contributed by atoms with E-state index in [1.807, 2.05) is 30.3 Å². The molecular formula is C15H17NO3. The molecule has 1 aliphatic heterocycles. The summed E-state index contributed by atoms with van der Waals surface area (Å²) in [5.74, 6) is 4.88. The molecule has 1 heterocycles. The molecule has 0 aliphatic carbocycles. The smallest absolute Gasteiger partial charge is 0.296 e. The van der Waals surface area contributed by atoms with Gasteiger partial charge in [0.2, 0.25) is 0 Å². The Kier molecular flexibility index (Phi) is 4.20. The molecule has 4 nitrogen and oxygen atoms in total. The molecule has 1 amide bonds. The van der Waals surface area contributed by atoms with Gasteiger partial charge in [-0.25, -0.2) is 0 Å². The van der Waals surface area contributed by atoms with Crippen molar-refractivity contribution in [3.05, 3.63) is 35.9 Å². The maximum Gasteiger partial charge on any atom is 0.296 e. The summed E-state index contributed by atoms with van der Waals surface area (Å²) >= 11 is 0. The maximum atomic E-state index is 11.6. The van der Waals surface area contributed by atoms with Gasteiger partial charge in [0.05, 0.1) is 6.10 Å². The summed E-state index contributed by atoms with van der Waals surface area (Å²) < 4.78 is 5.29. The third-order valence-corrected chi connectivity index (χ3v) is 3.31. The van der Waals surface area contributed by atoms with Crippen molar-refractivity contribution in [3.8, 4) is 11.8 Å². The fraction of sp³-hybridized carbons (Fsp3) is 0.400. The summed E-state index contributed by atoms with van der Waals surface area (Å²) in [5, 5.41) is 12.8. The molecule has 1 saturated heterocycles. The molecule has 19 heavy (non-hydrogen) atoms. The van der Waals surface area contributed by atoms with E-state index in [0.29, 0.717) is 13.0 Å². The van der Waals surface area contributed by atoms with E-state index >= 15 is 0 Å². The van der Waals surface area contributed by atoms with Crippen molar-refractivity contribution in [2.24, 2.45) is 0 Å². The first-order valence-electron chi connectivity index (χ1n) is 6.29. The number of hydrogen-bond donors (Lipinski definition) is 2. The van der Waals surface area contributed by atoms with Gasteiger partial charge in [-0.1, -0.05) is 24.1 Å². The van der Waals surface area contributed by atoms with Crippen LogP contribution in [0.25, 0.3) is 0 Å². The van der Waals surface area contributed by atoms with E-state index in [1.165, 1.54) is 0 Å². The van der Waals surface area contributed by atoms with Gasteiger partial charge >= 0.3 is 0 Å². The van der Waals surface area contributed by atoms with E-state index in [4.69, 9.17) is 4.74 Å². The number of carbonyl (C=O) groups excluding carboxylic acids is 1. The Morgan fingerprint density at radius 1 is 1.53 bits per heavy atom. The van der Waals surface area contributed by atoms with Crippen LogP contribution in [0, 0.1) is 11.8 Å². The minimum Gasteiger partial charge on any atom is -0.385 e. The lowest BCUT2D eigenvalue weighted by atomic mass is 9.97. The van der Waals surface area contributed by atoms with Crippen LogP contribution in [0.3, 0.4) is 0 Å². The van der Waals surface area contributed by atoms with Crippen molar-refractivity contribution in [3.63, 3.8) is 0 Å². The standard InChI is InChI=1S/C15H17NO3/c1-12-15(18,9-10-19-12)11-16-14(17)8-7-13-5-3-2-4-6-13/h2-6,12,18H,9-11H2,1H3,(H,16,17). The molecule has 1 aromatic rings. The van der Waals surface area contributed by atoms with Crippen LogP contribution in [0.15, 0.2) is 30.3 Å². The van der Waals surface area contributed by atoms with Crippen molar-refractivity contribution < 1.29 is 14.6 Å². The number of ether oxygens (including phenoxy) is 1. The summed E-state index contributed by atoms with van der Waals surface area (Å²) in [7, 11) is 0. The highest BCUT2D eigenvalue weighted by Crippen LogP contribution is 2.24. The lowest BCUT2D eigenvalue weighted by Crippen LogP contribution is -2.47. The average Bonchev–Trinajstić information content (AvgIpc) is 2.76. The molecule has 4 heteroatoms. The first-order valence-corrected chi connectivity index (χ1v) is 6.29. The lowest BCUT2D eigenvalue weighted by Gasteiger charge is -2.25. The van der Waals surface area contributed by atoms with Gasteiger partial charge in [0, 0.05) is 31.1 Å². The SMILES string of the molecule is CC1OCCC1(O)CNC(=O)C#Cc1ccccc1. The summed E-state index contributed by atoms with van der Waals surface area (Å²) in [6, 6.07) is 9.29. The molecule has 0 radical (unpaired) electrons. The number of amides is 1. The van der Waals surface area contributed by atoms with Gasteiger partial charge in [0.1, 0.15) is 5.60 Å². The number of rotatable bonds is 2. The highest BCUT2D eigenvalue weighted by atomic mass is 16.5. The second-order valence-corrected chi connectivity index (χ2v) is 4.67. The van der Waals surface area contributed by atoms with Crippen molar-refractivity contribution in [1.82, 2.24) is 5.32 Å². The fourth-order valence-electron chi connectivity index (χ4n) is 1.93.